The van der Waals surface area contributed by atoms with Crippen molar-refractivity contribution in [2.75, 3.05) is 0 Å². The second-order valence-electron chi connectivity index (χ2n) is 6.62. The van der Waals surface area contributed by atoms with Gasteiger partial charge in [0.05, 0.1) is 5.69 Å². The van der Waals surface area contributed by atoms with E-state index in [4.69, 9.17) is 0 Å². The molecule has 0 bridgehead atoms. The molecule has 104 valence electrons. The van der Waals surface area contributed by atoms with Crippen molar-refractivity contribution >= 4 is 0 Å². The van der Waals surface area contributed by atoms with Crippen LogP contribution in [0.15, 0.2) is 24.4 Å². The zero-order valence-corrected chi connectivity index (χ0v) is 12.1. The van der Waals surface area contributed by atoms with Gasteiger partial charge in [0.1, 0.15) is 0 Å². The Morgan fingerprint density at radius 1 is 1.16 bits per heavy atom. The summed E-state index contributed by atoms with van der Waals surface area (Å²) in [5.74, 6) is 0. The lowest BCUT2D eigenvalue weighted by Gasteiger charge is -2.38. The van der Waals surface area contributed by atoms with E-state index >= 15 is 0 Å². The summed E-state index contributed by atoms with van der Waals surface area (Å²) in [7, 11) is 0. The molecule has 2 heteroatoms. The molecule has 1 N–H and O–H groups in total. The van der Waals surface area contributed by atoms with Gasteiger partial charge >= 0.3 is 0 Å². The molecule has 1 heterocycles. The van der Waals surface area contributed by atoms with Gasteiger partial charge in [-0.25, -0.2) is 0 Å². The summed E-state index contributed by atoms with van der Waals surface area (Å²) in [5, 5.41) is 3.78. The van der Waals surface area contributed by atoms with Crippen LogP contribution in [0.2, 0.25) is 0 Å². The van der Waals surface area contributed by atoms with Crippen molar-refractivity contribution in [3.63, 3.8) is 0 Å². The Balaban J connectivity index is 1.52. The molecule has 0 aliphatic heterocycles. The summed E-state index contributed by atoms with van der Waals surface area (Å²) in [6.45, 7) is 2.24. The highest BCUT2D eigenvalue weighted by molar-refractivity contribution is 5.08. The predicted octanol–water partition coefficient (Wildman–Crippen LogP) is 4.24. The average Bonchev–Trinajstić information content (AvgIpc) is 2.91. The fourth-order valence-corrected chi connectivity index (χ4v) is 4.09. The van der Waals surface area contributed by atoms with Crippen LogP contribution in [-0.4, -0.2) is 11.0 Å². The average molecular weight is 258 g/mol. The van der Waals surface area contributed by atoms with E-state index < -0.39 is 0 Å². The normalized spacial score (nSPS) is 24.7. The zero-order chi connectivity index (χ0) is 13.1. The lowest BCUT2D eigenvalue weighted by Crippen LogP contribution is -2.38. The number of hydrogen-bond acceptors (Lipinski definition) is 2. The summed E-state index contributed by atoms with van der Waals surface area (Å²) in [6.07, 6.45) is 13.4. The van der Waals surface area contributed by atoms with Gasteiger partial charge in [0.25, 0.3) is 0 Å². The van der Waals surface area contributed by atoms with E-state index in [1.165, 1.54) is 57.1 Å². The highest BCUT2D eigenvalue weighted by Crippen LogP contribution is 2.49. The number of rotatable bonds is 3. The van der Waals surface area contributed by atoms with Crippen LogP contribution >= 0.6 is 0 Å². The van der Waals surface area contributed by atoms with Gasteiger partial charge in [0.15, 0.2) is 0 Å². The van der Waals surface area contributed by atoms with Crippen molar-refractivity contribution in [2.24, 2.45) is 5.41 Å². The van der Waals surface area contributed by atoms with Crippen LogP contribution in [-0.2, 0) is 0 Å². The molecule has 19 heavy (non-hydrogen) atoms. The SMILES string of the molecule is CC(NC1CCC2(CCCC2)CC1)c1ccccn1. The van der Waals surface area contributed by atoms with E-state index in [-0.39, 0.29) is 0 Å². The summed E-state index contributed by atoms with van der Waals surface area (Å²) >= 11 is 0. The van der Waals surface area contributed by atoms with Crippen LogP contribution in [0, 0.1) is 5.41 Å². The highest BCUT2D eigenvalue weighted by atomic mass is 15.0. The molecular formula is C17H26N2. The second-order valence-corrected chi connectivity index (χ2v) is 6.62. The molecule has 2 nitrogen and oxygen atoms in total. The van der Waals surface area contributed by atoms with Gasteiger partial charge in [-0.1, -0.05) is 18.9 Å². The van der Waals surface area contributed by atoms with E-state index in [1.54, 1.807) is 0 Å². The molecule has 1 aromatic heterocycles. The van der Waals surface area contributed by atoms with Gasteiger partial charge in [-0.05, 0) is 63.0 Å². The fraction of sp³-hybridized carbons (Fsp3) is 0.706. The first-order valence-corrected chi connectivity index (χ1v) is 7.94. The summed E-state index contributed by atoms with van der Waals surface area (Å²) < 4.78 is 0. The van der Waals surface area contributed by atoms with E-state index in [0.29, 0.717) is 12.1 Å². The number of nitrogens with zero attached hydrogens (tertiary/aromatic N) is 1. The van der Waals surface area contributed by atoms with Crippen molar-refractivity contribution in [3.8, 4) is 0 Å². The molecule has 1 spiro atoms. The van der Waals surface area contributed by atoms with Gasteiger partial charge in [0.2, 0.25) is 0 Å². The number of hydrogen-bond donors (Lipinski definition) is 1. The lowest BCUT2D eigenvalue weighted by atomic mass is 9.71. The molecular weight excluding hydrogens is 232 g/mol. The first kappa shape index (κ1) is 13.1. The minimum Gasteiger partial charge on any atom is -0.306 e. The number of pyridine rings is 1. The van der Waals surface area contributed by atoms with E-state index in [9.17, 15) is 0 Å². The maximum atomic E-state index is 4.45. The number of aromatic nitrogens is 1. The minimum absolute atomic E-state index is 0.379. The first-order chi connectivity index (χ1) is 9.27. The molecule has 1 atom stereocenters. The van der Waals surface area contributed by atoms with Crippen molar-refractivity contribution in [1.82, 2.24) is 10.3 Å². The molecule has 2 fully saturated rings. The topological polar surface area (TPSA) is 24.9 Å². The monoisotopic (exact) mass is 258 g/mol. The van der Waals surface area contributed by atoms with Crippen LogP contribution in [0.25, 0.3) is 0 Å². The third-order valence-electron chi connectivity index (χ3n) is 5.33. The summed E-state index contributed by atoms with van der Waals surface area (Å²) in [4.78, 5) is 4.45. The minimum atomic E-state index is 0.379. The maximum absolute atomic E-state index is 4.45. The third kappa shape index (κ3) is 3.00. The first-order valence-electron chi connectivity index (χ1n) is 7.94. The third-order valence-corrected chi connectivity index (χ3v) is 5.33. The van der Waals surface area contributed by atoms with Crippen molar-refractivity contribution in [3.05, 3.63) is 30.1 Å². The standard InChI is InChI=1S/C17H26N2/c1-14(16-6-2-5-13-18-16)19-15-7-11-17(12-8-15)9-3-4-10-17/h2,5-6,13-15,19H,3-4,7-12H2,1H3. The van der Waals surface area contributed by atoms with Crippen LogP contribution < -0.4 is 5.32 Å². The van der Waals surface area contributed by atoms with E-state index in [0.717, 1.165) is 5.41 Å². The maximum Gasteiger partial charge on any atom is 0.0570 e. The van der Waals surface area contributed by atoms with Gasteiger partial charge in [-0.2, -0.15) is 0 Å². The zero-order valence-electron chi connectivity index (χ0n) is 12.1. The van der Waals surface area contributed by atoms with E-state index in [1.807, 2.05) is 12.3 Å². The largest absolute Gasteiger partial charge is 0.306 e. The highest BCUT2D eigenvalue weighted by Gasteiger charge is 2.37. The molecule has 0 radical (unpaired) electrons. The van der Waals surface area contributed by atoms with Gasteiger partial charge in [0, 0.05) is 18.3 Å². The Kier molecular flexibility index (Phi) is 3.88. The summed E-state index contributed by atoms with van der Waals surface area (Å²) in [6, 6.07) is 7.27. The van der Waals surface area contributed by atoms with Gasteiger partial charge in [-0.3, -0.25) is 4.98 Å². The Bertz CT molecular complexity index is 385. The Morgan fingerprint density at radius 2 is 1.89 bits per heavy atom. The van der Waals surface area contributed by atoms with Gasteiger partial charge in [-0.15, -0.1) is 0 Å². The van der Waals surface area contributed by atoms with Crippen LogP contribution in [0.3, 0.4) is 0 Å². The molecule has 2 saturated carbocycles. The second kappa shape index (κ2) is 5.62. The molecule has 1 unspecified atom stereocenters. The van der Waals surface area contributed by atoms with Crippen LogP contribution in [0.5, 0.6) is 0 Å². The predicted molar refractivity (Wildman–Crippen MR) is 78.9 cm³/mol. The van der Waals surface area contributed by atoms with Gasteiger partial charge < -0.3 is 5.32 Å². The molecule has 3 rings (SSSR count). The molecule has 2 aliphatic carbocycles. The van der Waals surface area contributed by atoms with E-state index in [2.05, 4.69) is 29.4 Å². The quantitative estimate of drug-likeness (QED) is 0.877. The van der Waals surface area contributed by atoms with Crippen molar-refractivity contribution in [1.29, 1.82) is 0 Å². The Morgan fingerprint density at radius 3 is 2.53 bits per heavy atom. The number of nitrogens with one attached hydrogen (secondary N) is 1. The fourth-order valence-electron chi connectivity index (χ4n) is 4.09. The molecule has 2 aliphatic rings. The lowest BCUT2D eigenvalue weighted by molar-refractivity contribution is 0.163. The Labute approximate surface area is 117 Å². The molecule has 0 aromatic carbocycles. The Hall–Kier alpha value is -0.890. The molecule has 0 saturated heterocycles. The van der Waals surface area contributed by atoms with Crippen LogP contribution in [0.4, 0.5) is 0 Å². The smallest absolute Gasteiger partial charge is 0.0570 e. The van der Waals surface area contributed by atoms with Crippen LogP contribution in [0.1, 0.15) is 70.0 Å². The van der Waals surface area contributed by atoms with Crippen molar-refractivity contribution in [2.45, 2.75) is 70.4 Å². The van der Waals surface area contributed by atoms with Crippen molar-refractivity contribution < 1.29 is 0 Å². The molecule has 0 amide bonds. The summed E-state index contributed by atoms with van der Waals surface area (Å²) in [5.41, 5.74) is 1.91. The molecule has 1 aromatic rings.